The van der Waals surface area contributed by atoms with E-state index in [1.807, 2.05) is 23.6 Å². The summed E-state index contributed by atoms with van der Waals surface area (Å²) in [5.41, 5.74) is 1.04. The van der Waals surface area contributed by atoms with E-state index in [9.17, 15) is 4.39 Å². The molecule has 0 atom stereocenters. The zero-order valence-electron chi connectivity index (χ0n) is 9.02. The van der Waals surface area contributed by atoms with Crippen LogP contribution in [0.25, 0.3) is 0 Å². The zero-order chi connectivity index (χ0) is 12.1. The minimum atomic E-state index is -0.348. The van der Waals surface area contributed by atoms with Crippen LogP contribution in [0.3, 0.4) is 0 Å². The second-order valence-corrected chi connectivity index (χ2v) is 4.52. The van der Waals surface area contributed by atoms with Gasteiger partial charge in [0.25, 0.3) is 0 Å². The average molecular weight is 247 g/mol. The summed E-state index contributed by atoms with van der Waals surface area (Å²) in [5, 5.41) is 10.8. The normalized spacial score (nSPS) is 10.1. The molecule has 0 aliphatic rings. The molecule has 86 valence electrons. The van der Waals surface area contributed by atoms with Crippen LogP contribution in [0.5, 0.6) is 0 Å². The molecule has 2 rings (SSSR count). The summed E-state index contributed by atoms with van der Waals surface area (Å²) in [5.74, 6) is -0.348. The SMILES string of the molecule is N#Cc1ccc(F)cc1COCc1cccs1. The molecular formula is C13H10FNOS. The number of rotatable bonds is 4. The largest absolute Gasteiger partial charge is 0.371 e. The summed E-state index contributed by atoms with van der Waals surface area (Å²) in [6, 6.07) is 10.0. The quantitative estimate of drug-likeness (QED) is 0.828. The van der Waals surface area contributed by atoms with E-state index in [1.54, 1.807) is 11.3 Å². The summed E-state index contributed by atoms with van der Waals surface area (Å²) in [4.78, 5) is 1.11. The minimum absolute atomic E-state index is 0.249. The van der Waals surface area contributed by atoms with Crippen molar-refractivity contribution in [2.24, 2.45) is 0 Å². The Kier molecular flexibility index (Phi) is 3.86. The summed E-state index contributed by atoms with van der Waals surface area (Å²) < 4.78 is 18.5. The van der Waals surface area contributed by atoms with Gasteiger partial charge in [-0.1, -0.05) is 6.07 Å². The van der Waals surface area contributed by atoms with Gasteiger partial charge in [-0.15, -0.1) is 11.3 Å². The molecular weight excluding hydrogens is 237 g/mol. The first-order chi connectivity index (χ1) is 8.29. The van der Waals surface area contributed by atoms with Gasteiger partial charge in [-0.2, -0.15) is 5.26 Å². The van der Waals surface area contributed by atoms with E-state index in [0.717, 1.165) is 4.88 Å². The third-order valence-electron chi connectivity index (χ3n) is 2.27. The molecule has 2 aromatic rings. The molecule has 0 unspecified atom stereocenters. The maximum Gasteiger partial charge on any atom is 0.123 e. The topological polar surface area (TPSA) is 33.0 Å². The highest BCUT2D eigenvalue weighted by atomic mass is 32.1. The van der Waals surface area contributed by atoms with Crippen LogP contribution in [0.15, 0.2) is 35.7 Å². The van der Waals surface area contributed by atoms with Gasteiger partial charge in [0.15, 0.2) is 0 Å². The number of thiophene rings is 1. The number of ether oxygens (including phenoxy) is 1. The lowest BCUT2D eigenvalue weighted by Crippen LogP contribution is -1.96. The molecule has 0 spiro atoms. The molecule has 0 bridgehead atoms. The Hall–Kier alpha value is -1.70. The third kappa shape index (κ3) is 3.13. The van der Waals surface area contributed by atoms with Crippen LogP contribution in [-0.4, -0.2) is 0 Å². The molecule has 0 amide bonds. The molecule has 17 heavy (non-hydrogen) atoms. The van der Waals surface area contributed by atoms with Crippen molar-refractivity contribution in [1.82, 2.24) is 0 Å². The zero-order valence-corrected chi connectivity index (χ0v) is 9.84. The molecule has 0 aliphatic carbocycles. The lowest BCUT2D eigenvalue weighted by molar-refractivity contribution is 0.109. The molecule has 0 aliphatic heterocycles. The van der Waals surface area contributed by atoms with Crippen LogP contribution in [0.2, 0.25) is 0 Å². The predicted octanol–water partition coefficient (Wildman–Crippen LogP) is 3.48. The Morgan fingerprint density at radius 3 is 2.88 bits per heavy atom. The van der Waals surface area contributed by atoms with Crippen molar-refractivity contribution in [3.05, 3.63) is 57.5 Å². The Balaban J connectivity index is 1.99. The molecule has 2 nitrogen and oxygen atoms in total. The second-order valence-electron chi connectivity index (χ2n) is 3.49. The van der Waals surface area contributed by atoms with Crippen LogP contribution < -0.4 is 0 Å². The van der Waals surface area contributed by atoms with Gasteiger partial charge in [0.05, 0.1) is 24.8 Å². The molecule has 1 aromatic carbocycles. The highest BCUT2D eigenvalue weighted by Gasteiger charge is 2.04. The Morgan fingerprint density at radius 1 is 1.29 bits per heavy atom. The van der Waals surface area contributed by atoms with E-state index in [1.165, 1.54) is 18.2 Å². The van der Waals surface area contributed by atoms with Crippen LogP contribution in [0.1, 0.15) is 16.0 Å². The van der Waals surface area contributed by atoms with Crippen molar-refractivity contribution in [2.75, 3.05) is 0 Å². The van der Waals surface area contributed by atoms with Gasteiger partial charge in [-0.25, -0.2) is 4.39 Å². The molecule has 1 heterocycles. The highest BCUT2D eigenvalue weighted by molar-refractivity contribution is 7.09. The maximum absolute atomic E-state index is 13.0. The van der Waals surface area contributed by atoms with Crippen LogP contribution >= 0.6 is 11.3 Å². The van der Waals surface area contributed by atoms with Crippen molar-refractivity contribution >= 4 is 11.3 Å². The van der Waals surface area contributed by atoms with Crippen molar-refractivity contribution in [2.45, 2.75) is 13.2 Å². The standard InChI is InChI=1S/C13H10FNOS/c14-12-4-3-10(7-15)11(6-12)8-16-9-13-2-1-5-17-13/h1-6H,8-9H2. The van der Waals surface area contributed by atoms with Crippen molar-refractivity contribution in [3.8, 4) is 6.07 Å². The fourth-order valence-electron chi connectivity index (χ4n) is 1.45. The molecule has 0 saturated carbocycles. The Bertz CT molecular complexity index is 531. The number of benzene rings is 1. The fourth-order valence-corrected chi connectivity index (χ4v) is 2.09. The number of nitriles is 1. The number of hydrogen-bond acceptors (Lipinski definition) is 3. The van der Waals surface area contributed by atoms with E-state index in [0.29, 0.717) is 17.7 Å². The molecule has 0 saturated heterocycles. The van der Waals surface area contributed by atoms with Gasteiger partial charge >= 0.3 is 0 Å². The molecule has 0 fully saturated rings. The van der Waals surface area contributed by atoms with Gasteiger partial charge in [0.1, 0.15) is 5.82 Å². The second kappa shape index (κ2) is 5.58. The van der Waals surface area contributed by atoms with Crippen LogP contribution in [0, 0.1) is 17.1 Å². The summed E-state index contributed by atoms with van der Waals surface area (Å²) in [6.07, 6.45) is 0. The first-order valence-electron chi connectivity index (χ1n) is 5.08. The first-order valence-corrected chi connectivity index (χ1v) is 5.96. The minimum Gasteiger partial charge on any atom is -0.371 e. The Morgan fingerprint density at radius 2 is 2.18 bits per heavy atom. The number of halogens is 1. The average Bonchev–Trinajstić information content (AvgIpc) is 2.82. The smallest absolute Gasteiger partial charge is 0.123 e. The maximum atomic E-state index is 13.0. The third-order valence-corrected chi connectivity index (χ3v) is 3.12. The van der Waals surface area contributed by atoms with E-state index in [2.05, 4.69) is 0 Å². The van der Waals surface area contributed by atoms with Gasteiger partial charge < -0.3 is 4.74 Å². The lowest BCUT2D eigenvalue weighted by atomic mass is 10.1. The number of nitrogens with zero attached hydrogens (tertiary/aromatic N) is 1. The van der Waals surface area contributed by atoms with Gasteiger partial charge in [0, 0.05) is 4.88 Å². The van der Waals surface area contributed by atoms with Crippen LogP contribution in [0.4, 0.5) is 4.39 Å². The predicted molar refractivity (Wildman–Crippen MR) is 63.9 cm³/mol. The van der Waals surface area contributed by atoms with Gasteiger partial charge in [-0.05, 0) is 35.2 Å². The summed E-state index contributed by atoms with van der Waals surface area (Å²) in [6.45, 7) is 0.734. The van der Waals surface area contributed by atoms with E-state index < -0.39 is 0 Å². The van der Waals surface area contributed by atoms with E-state index in [4.69, 9.17) is 10.00 Å². The van der Waals surface area contributed by atoms with Crippen LogP contribution in [-0.2, 0) is 18.0 Å². The van der Waals surface area contributed by atoms with Crippen molar-refractivity contribution < 1.29 is 9.13 Å². The fraction of sp³-hybridized carbons (Fsp3) is 0.154. The summed E-state index contributed by atoms with van der Waals surface area (Å²) in [7, 11) is 0. The molecule has 0 radical (unpaired) electrons. The van der Waals surface area contributed by atoms with Crippen molar-refractivity contribution in [3.63, 3.8) is 0 Å². The Labute approximate surface area is 103 Å². The van der Waals surface area contributed by atoms with E-state index >= 15 is 0 Å². The van der Waals surface area contributed by atoms with Gasteiger partial charge in [0.2, 0.25) is 0 Å². The molecule has 4 heteroatoms. The first kappa shape index (κ1) is 11.8. The van der Waals surface area contributed by atoms with E-state index in [-0.39, 0.29) is 12.4 Å². The highest BCUT2D eigenvalue weighted by Crippen LogP contribution is 2.14. The number of hydrogen-bond donors (Lipinski definition) is 0. The monoisotopic (exact) mass is 247 g/mol. The lowest BCUT2D eigenvalue weighted by Gasteiger charge is -2.05. The molecule has 1 aromatic heterocycles. The summed E-state index contributed by atoms with van der Waals surface area (Å²) >= 11 is 1.61. The van der Waals surface area contributed by atoms with Gasteiger partial charge in [-0.3, -0.25) is 0 Å². The van der Waals surface area contributed by atoms with Crippen molar-refractivity contribution in [1.29, 1.82) is 5.26 Å². The molecule has 0 N–H and O–H groups in total.